The van der Waals surface area contributed by atoms with E-state index in [-0.39, 0.29) is 26.4 Å². The molecule has 8 nitrogen and oxygen atoms in total. The third-order valence-electron chi connectivity index (χ3n) is 5.45. The van der Waals surface area contributed by atoms with Crippen molar-refractivity contribution >= 4 is 56.5 Å². The number of nitrogens with one attached hydrogen (secondary N) is 1. The van der Waals surface area contributed by atoms with Gasteiger partial charge in [0.15, 0.2) is 0 Å². The SMILES string of the molecule is CCCCOC(=O)c1ccc(NC(=O)CN(c2cc(Cl)cc(Cl)c2)S(=O)(=O)c2cc(C)ccc2OC)cc1. The van der Waals surface area contributed by atoms with Crippen LogP contribution in [0.25, 0.3) is 0 Å². The van der Waals surface area contributed by atoms with Gasteiger partial charge in [-0.15, -0.1) is 0 Å². The van der Waals surface area contributed by atoms with Gasteiger partial charge in [0, 0.05) is 15.7 Å². The van der Waals surface area contributed by atoms with Crippen molar-refractivity contribution in [2.45, 2.75) is 31.6 Å². The fraction of sp³-hybridized carbons (Fsp3) is 0.259. The lowest BCUT2D eigenvalue weighted by atomic mass is 10.2. The number of hydrogen-bond acceptors (Lipinski definition) is 6. The van der Waals surface area contributed by atoms with Crippen molar-refractivity contribution in [3.63, 3.8) is 0 Å². The van der Waals surface area contributed by atoms with Crippen LogP contribution in [0.15, 0.2) is 65.6 Å². The standard InChI is InChI=1S/C27H28Cl2N2O6S/c1-4-5-12-37-27(33)19-7-9-22(10-8-19)30-26(32)17-31(23-15-20(28)14-21(29)16-23)38(34,35)25-13-18(2)6-11-24(25)36-3/h6-11,13-16H,4-5,12,17H2,1-3H3,(H,30,32). The Bertz CT molecular complexity index is 1390. The molecule has 3 aromatic carbocycles. The molecule has 3 aromatic rings. The molecule has 3 rings (SSSR count). The molecule has 0 aliphatic rings. The molecule has 1 N–H and O–H groups in total. The Hall–Kier alpha value is -3.27. The molecule has 0 aliphatic heterocycles. The first kappa shape index (κ1) is 29.3. The molecule has 11 heteroatoms. The number of aryl methyl sites for hydroxylation is 1. The van der Waals surface area contributed by atoms with Crippen LogP contribution in [0, 0.1) is 6.92 Å². The lowest BCUT2D eigenvalue weighted by Crippen LogP contribution is -2.38. The highest BCUT2D eigenvalue weighted by atomic mass is 35.5. The predicted molar refractivity (Wildman–Crippen MR) is 149 cm³/mol. The average molecular weight is 580 g/mol. The number of carbonyl (C=O) groups excluding carboxylic acids is 2. The van der Waals surface area contributed by atoms with Crippen LogP contribution in [-0.2, 0) is 19.6 Å². The molecule has 0 atom stereocenters. The summed E-state index contributed by atoms with van der Waals surface area (Å²) in [5, 5.41) is 3.06. The molecule has 0 saturated carbocycles. The van der Waals surface area contributed by atoms with Gasteiger partial charge in [-0.2, -0.15) is 0 Å². The van der Waals surface area contributed by atoms with E-state index in [0.29, 0.717) is 23.4 Å². The second kappa shape index (κ2) is 13.0. The van der Waals surface area contributed by atoms with Crippen LogP contribution in [0.2, 0.25) is 10.0 Å². The predicted octanol–water partition coefficient (Wildman–Crippen LogP) is 6.10. The Morgan fingerprint density at radius 3 is 2.24 bits per heavy atom. The van der Waals surface area contributed by atoms with Crippen molar-refractivity contribution in [2.24, 2.45) is 0 Å². The minimum atomic E-state index is -4.30. The second-order valence-electron chi connectivity index (χ2n) is 8.41. The molecule has 0 spiro atoms. The molecule has 0 radical (unpaired) electrons. The summed E-state index contributed by atoms with van der Waals surface area (Å²) >= 11 is 12.3. The number of amides is 1. The fourth-order valence-corrected chi connectivity index (χ4v) is 5.68. The number of rotatable bonds is 11. The van der Waals surface area contributed by atoms with Gasteiger partial charge in [0.05, 0.1) is 25.0 Å². The third kappa shape index (κ3) is 7.40. The number of nitrogens with zero attached hydrogens (tertiary/aromatic N) is 1. The van der Waals surface area contributed by atoms with Crippen LogP contribution in [0.3, 0.4) is 0 Å². The Kier molecular flexibility index (Phi) is 10.0. The summed E-state index contributed by atoms with van der Waals surface area (Å²) in [7, 11) is -2.94. The van der Waals surface area contributed by atoms with Gasteiger partial charge >= 0.3 is 5.97 Å². The number of sulfonamides is 1. The summed E-state index contributed by atoms with van der Waals surface area (Å²) < 4.78 is 39.0. The van der Waals surface area contributed by atoms with Crippen LogP contribution in [0.1, 0.15) is 35.7 Å². The van der Waals surface area contributed by atoms with Gasteiger partial charge in [-0.1, -0.05) is 42.6 Å². The zero-order chi connectivity index (χ0) is 27.9. The smallest absolute Gasteiger partial charge is 0.338 e. The number of halogens is 2. The molecule has 0 unspecified atom stereocenters. The minimum Gasteiger partial charge on any atom is -0.495 e. The van der Waals surface area contributed by atoms with E-state index in [1.807, 2.05) is 6.92 Å². The van der Waals surface area contributed by atoms with Crippen LogP contribution in [0.5, 0.6) is 5.75 Å². The average Bonchev–Trinajstić information content (AvgIpc) is 2.87. The first-order chi connectivity index (χ1) is 18.0. The monoisotopic (exact) mass is 578 g/mol. The highest BCUT2D eigenvalue weighted by Gasteiger charge is 2.31. The van der Waals surface area contributed by atoms with Crippen LogP contribution >= 0.6 is 23.2 Å². The van der Waals surface area contributed by atoms with Gasteiger partial charge < -0.3 is 14.8 Å². The van der Waals surface area contributed by atoms with Gasteiger partial charge in [-0.05, 0) is 73.5 Å². The van der Waals surface area contributed by atoms with E-state index >= 15 is 0 Å². The third-order valence-corrected chi connectivity index (χ3v) is 7.68. The van der Waals surface area contributed by atoms with Crippen molar-refractivity contribution in [1.29, 1.82) is 0 Å². The lowest BCUT2D eigenvalue weighted by molar-refractivity contribution is -0.114. The Labute approximate surface area is 232 Å². The van der Waals surface area contributed by atoms with Crippen molar-refractivity contribution < 1.29 is 27.5 Å². The number of unbranched alkanes of at least 4 members (excludes halogenated alkanes) is 1. The van der Waals surface area contributed by atoms with Crippen LogP contribution < -0.4 is 14.4 Å². The maximum Gasteiger partial charge on any atom is 0.338 e. The van der Waals surface area contributed by atoms with Gasteiger partial charge in [-0.25, -0.2) is 13.2 Å². The molecule has 38 heavy (non-hydrogen) atoms. The number of benzene rings is 3. The van der Waals surface area contributed by atoms with E-state index in [1.54, 1.807) is 19.1 Å². The lowest BCUT2D eigenvalue weighted by Gasteiger charge is -2.25. The molecular weight excluding hydrogens is 551 g/mol. The van der Waals surface area contributed by atoms with Gasteiger partial charge in [0.1, 0.15) is 17.2 Å². The molecule has 0 heterocycles. The summed E-state index contributed by atoms with van der Waals surface area (Å²) in [6.07, 6.45) is 1.68. The summed E-state index contributed by atoms with van der Waals surface area (Å²) in [5.74, 6) is -0.969. The summed E-state index contributed by atoms with van der Waals surface area (Å²) in [6, 6.07) is 15.1. The topological polar surface area (TPSA) is 102 Å². The normalized spacial score (nSPS) is 11.1. The number of carbonyl (C=O) groups is 2. The minimum absolute atomic E-state index is 0.103. The fourth-order valence-electron chi connectivity index (χ4n) is 3.52. The highest BCUT2D eigenvalue weighted by Crippen LogP contribution is 2.33. The van der Waals surface area contributed by atoms with E-state index in [0.717, 1.165) is 17.1 Å². The Morgan fingerprint density at radius 1 is 0.974 bits per heavy atom. The molecule has 0 bridgehead atoms. The van der Waals surface area contributed by atoms with E-state index in [9.17, 15) is 18.0 Å². The highest BCUT2D eigenvalue weighted by molar-refractivity contribution is 7.93. The Morgan fingerprint density at radius 2 is 1.63 bits per heavy atom. The zero-order valence-electron chi connectivity index (χ0n) is 21.2. The summed E-state index contributed by atoms with van der Waals surface area (Å²) in [4.78, 5) is 25.1. The number of anilines is 2. The molecule has 1 amide bonds. The summed E-state index contributed by atoms with van der Waals surface area (Å²) in [6.45, 7) is 3.49. The number of ether oxygens (including phenoxy) is 2. The molecule has 0 fully saturated rings. The van der Waals surface area contributed by atoms with Gasteiger partial charge in [0.2, 0.25) is 5.91 Å². The maximum absolute atomic E-state index is 13.8. The van der Waals surface area contributed by atoms with Crippen molar-refractivity contribution in [1.82, 2.24) is 0 Å². The summed E-state index contributed by atoms with van der Waals surface area (Å²) in [5.41, 5.74) is 1.50. The van der Waals surface area contributed by atoms with Gasteiger partial charge in [-0.3, -0.25) is 9.10 Å². The van der Waals surface area contributed by atoms with Gasteiger partial charge in [0.25, 0.3) is 10.0 Å². The van der Waals surface area contributed by atoms with Crippen molar-refractivity contribution in [2.75, 3.05) is 29.9 Å². The second-order valence-corrected chi connectivity index (χ2v) is 11.1. The quantitative estimate of drug-likeness (QED) is 0.218. The van der Waals surface area contributed by atoms with E-state index in [4.69, 9.17) is 32.7 Å². The van der Waals surface area contributed by atoms with E-state index in [2.05, 4.69) is 5.32 Å². The number of hydrogen-bond donors (Lipinski definition) is 1. The van der Waals surface area contributed by atoms with Crippen molar-refractivity contribution in [3.8, 4) is 5.75 Å². The van der Waals surface area contributed by atoms with Crippen LogP contribution in [0.4, 0.5) is 11.4 Å². The molecule has 0 aliphatic carbocycles. The van der Waals surface area contributed by atoms with Crippen LogP contribution in [-0.4, -0.2) is 40.6 Å². The first-order valence-corrected chi connectivity index (χ1v) is 13.9. The van der Waals surface area contributed by atoms with Crippen molar-refractivity contribution in [3.05, 3.63) is 81.8 Å². The molecule has 202 valence electrons. The largest absolute Gasteiger partial charge is 0.495 e. The molecular formula is C27H28Cl2N2O6S. The van der Waals surface area contributed by atoms with E-state index < -0.39 is 28.4 Å². The first-order valence-electron chi connectivity index (χ1n) is 11.8. The molecule has 0 saturated heterocycles. The zero-order valence-corrected chi connectivity index (χ0v) is 23.5. The Balaban J connectivity index is 1.89. The number of esters is 1. The maximum atomic E-state index is 13.8. The molecule has 0 aromatic heterocycles. The van der Waals surface area contributed by atoms with E-state index in [1.165, 1.54) is 55.6 Å². The number of methoxy groups -OCH3 is 1.